The molecule has 5 heteroatoms. The fourth-order valence-corrected chi connectivity index (χ4v) is 1.06. The third kappa shape index (κ3) is 3.89. The molecule has 0 aliphatic rings. The van der Waals surface area contributed by atoms with Crippen molar-refractivity contribution < 1.29 is 22.3 Å². The Morgan fingerprint density at radius 3 is 1.72 bits per heavy atom. The predicted octanol–water partition coefficient (Wildman–Crippen LogP) is 4.75. The summed E-state index contributed by atoms with van der Waals surface area (Å²) < 4.78 is 56.9. The topological polar surface area (TPSA) is 9.23 Å². The van der Waals surface area contributed by atoms with Crippen molar-refractivity contribution in [3.8, 4) is 5.75 Å². The summed E-state index contributed by atoms with van der Waals surface area (Å²) in [5, 5.41) is 0. The Labute approximate surface area is 105 Å². The maximum absolute atomic E-state index is 13.3. The molecule has 1 aromatic rings. The number of benzene rings is 1. The van der Waals surface area contributed by atoms with Crippen LogP contribution in [-0.2, 0) is 0 Å². The molecule has 0 saturated heterocycles. The second-order valence-electron chi connectivity index (χ2n) is 4.08. The SMILES string of the molecule is CCC.Cc1c(F)c(F)c(F)c(OC(C)C)c1F. The van der Waals surface area contributed by atoms with Crippen LogP contribution in [0.4, 0.5) is 17.6 Å². The van der Waals surface area contributed by atoms with Crippen molar-refractivity contribution in [1.29, 1.82) is 0 Å². The maximum atomic E-state index is 13.3. The van der Waals surface area contributed by atoms with Crippen LogP contribution in [0.1, 0.15) is 39.7 Å². The average molecular weight is 266 g/mol. The van der Waals surface area contributed by atoms with Gasteiger partial charge in [0.25, 0.3) is 0 Å². The maximum Gasteiger partial charge on any atom is 0.206 e. The molecule has 18 heavy (non-hydrogen) atoms. The van der Waals surface area contributed by atoms with Crippen LogP contribution in [0.3, 0.4) is 0 Å². The van der Waals surface area contributed by atoms with Crippen LogP contribution < -0.4 is 4.74 Å². The van der Waals surface area contributed by atoms with Gasteiger partial charge in [0.2, 0.25) is 5.82 Å². The zero-order chi connectivity index (χ0) is 14.5. The highest BCUT2D eigenvalue weighted by Gasteiger charge is 2.24. The van der Waals surface area contributed by atoms with Crippen LogP contribution in [0, 0.1) is 30.2 Å². The van der Waals surface area contributed by atoms with E-state index in [1.54, 1.807) is 0 Å². The van der Waals surface area contributed by atoms with E-state index < -0.39 is 40.7 Å². The Hall–Kier alpha value is -1.26. The number of rotatable bonds is 2. The summed E-state index contributed by atoms with van der Waals surface area (Å²) in [6.45, 7) is 8.31. The minimum absolute atomic E-state index is 0.529. The molecule has 0 fully saturated rings. The molecule has 0 bridgehead atoms. The predicted molar refractivity (Wildman–Crippen MR) is 62.7 cm³/mol. The molecule has 1 aromatic carbocycles. The Kier molecular flexibility index (Phi) is 6.73. The molecule has 1 nitrogen and oxygen atoms in total. The molecule has 0 spiro atoms. The van der Waals surface area contributed by atoms with Crippen molar-refractivity contribution in [1.82, 2.24) is 0 Å². The molecule has 0 aliphatic heterocycles. The summed E-state index contributed by atoms with van der Waals surface area (Å²) in [5.74, 6) is -6.96. The van der Waals surface area contributed by atoms with E-state index in [1.165, 1.54) is 20.3 Å². The molecular formula is C13H18F4O. The monoisotopic (exact) mass is 266 g/mol. The van der Waals surface area contributed by atoms with Crippen LogP contribution in [0.25, 0.3) is 0 Å². The van der Waals surface area contributed by atoms with Gasteiger partial charge in [0.05, 0.1) is 6.10 Å². The molecule has 1 rings (SSSR count). The van der Waals surface area contributed by atoms with Crippen molar-refractivity contribution in [2.75, 3.05) is 0 Å². The molecule has 0 radical (unpaired) electrons. The average Bonchev–Trinajstić information content (AvgIpc) is 2.30. The largest absolute Gasteiger partial charge is 0.485 e. The molecule has 0 aliphatic carbocycles. The van der Waals surface area contributed by atoms with Crippen LogP contribution in [0.15, 0.2) is 0 Å². The van der Waals surface area contributed by atoms with E-state index in [0.717, 1.165) is 6.92 Å². The highest BCUT2D eigenvalue weighted by molar-refractivity contribution is 5.34. The van der Waals surface area contributed by atoms with E-state index in [9.17, 15) is 17.6 Å². The Morgan fingerprint density at radius 2 is 1.33 bits per heavy atom. The van der Waals surface area contributed by atoms with Gasteiger partial charge in [-0.15, -0.1) is 0 Å². The molecule has 0 N–H and O–H groups in total. The van der Waals surface area contributed by atoms with Gasteiger partial charge >= 0.3 is 0 Å². The molecule has 0 aromatic heterocycles. The van der Waals surface area contributed by atoms with Gasteiger partial charge in [-0.05, 0) is 20.8 Å². The van der Waals surface area contributed by atoms with Crippen LogP contribution >= 0.6 is 0 Å². The zero-order valence-electron chi connectivity index (χ0n) is 11.2. The van der Waals surface area contributed by atoms with E-state index in [-0.39, 0.29) is 0 Å². The molecular weight excluding hydrogens is 248 g/mol. The van der Waals surface area contributed by atoms with Crippen LogP contribution in [0.2, 0.25) is 0 Å². The summed E-state index contributed by atoms with van der Waals surface area (Å²) in [6, 6.07) is 0. The van der Waals surface area contributed by atoms with Gasteiger partial charge in [-0.3, -0.25) is 0 Å². The van der Waals surface area contributed by atoms with Gasteiger partial charge in [0.15, 0.2) is 23.2 Å². The van der Waals surface area contributed by atoms with Gasteiger partial charge in [-0.2, -0.15) is 4.39 Å². The first kappa shape index (κ1) is 16.7. The number of hydrogen-bond donors (Lipinski definition) is 0. The third-order valence-electron chi connectivity index (χ3n) is 1.80. The van der Waals surface area contributed by atoms with E-state index in [2.05, 4.69) is 13.8 Å². The lowest BCUT2D eigenvalue weighted by Crippen LogP contribution is -2.11. The third-order valence-corrected chi connectivity index (χ3v) is 1.80. The van der Waals surface area contributed by atoms with Crippen LogP contribution in [-0.4, -0.2) is 6.10 Å². The lowest BCUT2D eigenvalue weighted by atomic mass is 10.2. The summed E-state index contributed by atoms with van der Waals surface area (Å²) in [6.07, 6.45) is 0.721. The highest BCUT2D eigenvalue weighted by Crippen LogP contribution is 2.30. The van der Waals surface area contributed by atoms with E-state index in [4.69, 9.17) is 4.74 Å². The van der Waals surface area contributed by atoms with E-state index in [0.29, 0.717) is 0 Å². The summed E-state index contributed by atoms with van der Waals surface area (Å²) >= 11 is 0. The second-order valence-corrected chi connectivity index (χ2v) is 4.08. The Bertz CT molecular complexity index is 373. The molecule has 104 valence electrons. The van der Waals surface area contributed by atoms with Gasteiger partial charge in [0, 0.05) is 5.56 Å². The lowest BCUT2D eigenvalue weighted by molar-refractivity contribution is 0.213. The van der Waals surface area contributed by atoms with Crippen LogP contribution in [0.5, 0.6) is 5.75 Å². The first-order valence-electron chi connectivity index (χ1n) is 5.76. The van der Waals surface area contributed by atoms with Gasteiger partial charge < -0.3 is 4.74 Å². The molecule has 0 heterocycles. The van der Waals surface area contributed by atoms with Crippen molar-refractivity contribution in [2.24, 2.45) is 0 Å². The Balaban J connectivity index is 0.000000873. The summed E-state index contributed by atoms with van der Waals surface area (Å²) in [7, 11) is 0. The summed E-state index contributed by atoms with van der Waals surface area (Å²) in [4.78, 5) is 0. The van der Waals surface area contributed by atoms with Gasteiger partial charge in [0.1, 0.15) is 0 Å². The number of ether oxygens (including phenoxy) is 1. The molecule has 0 atom stereocenters. The van der Waals surface area contributed by atoms with E-state index in [1.807, 2.05) is 0 Å². The van der Waals surface area contributed by atoms with Gasteiger partial charge in [-0.25, -0.2) is 13.2 Å². The fourth-order valence-electron chi connectivity index (χ4n) is 1.06. The summed E-state index contributed by atoms with van der Waals surface area (Å²) in [5.41, 5.74) is -0.593. The quantitative estimate of drug-likeness (QED) is 0.426. The highest BCUT2D eigenvalue weighted by atomic mass is 19.2. The normalized spacial score (nSPS) is 10.1. The molecule has 0 amide bonds. The molecule has 0 saturated carbocycles. The smallest absolute Gasteiger partial charge is 0.206 e. The minimum Gasteiger partial charge on any atom is -0.485 e. The van der Waals surface area contributed by atoms with Crippen molar-refractivity contribution >= 4 is 0 Å². The second kappa shape index (κ2) is 7.24. The Morgan fingerprint density at radius 1 is 0.889 bits per heavy atom. The number of halogens is 4. The lowest BCUT2D eigenvalue weighted by Gasteiger charge is -2.13. The van der Waals surface area contributed by atoms with Crippen molar-refractivity contribution in [3.05, 3.63) is 28.8 Å². The van der Waals surface area contributed by atoms with E-state index >= 15 is 0 Å². The first-order chi connectivity index (χ1) is 8.27. The zero-order valence-corrected chi connectivity index (χ0v) is 11.2. The fraction of sp³-hybridized carbons (Fsp3) is 0.538. The first-order valence-corrected chi connectivity index (χ1v) is 5.76. The van der Waals surface area contributed by atoms with Gasteiger partial charge in [-0.1, -0.05) is 20.3 Å². The standard InChI is InChI=1S/C10H10F4O.C3H8/c1-4(2)15-10-7(12)5(3)6(11)8(13)9(10)14;1-3-2/h4H,1-3H3;3H2,1-2H3. The van der Waals surface area contributed by atoms with Crippen molar-refractivity contribution in [2.45, 2.75) is 47.1 Å². The van der Waals surface area contributed by atoms with Crippen molar-refractivity contribution in [3.63, 3.8) is 0 Å². The number of hydrogen-bond acceptors (Lipinski definition) is 1. The minimum atomic E-state index is -1.72. The molecule has 0 unspecified atom stereocenters.